The Morgan fingerprint density at radius 3 is 3.00 bits per heavy atom. The summed E-state index contributed by atoms with van der Waals surface area (Å²) in [7, 11) is 0. The van der Waals surface area contributed by atoms with Crippen molar-refractivity contribution in [3.8, 4) is 0 Å². The highest BCUT2D eigenvalue weighted by atomic mass is 32.2. The minimum Gasteiger partial charge on any atom is -0.366 e. The minimum atomic E-state index is 0.301. The van der Waals surface area contributed by atoms with Crippen LogP contribution in [-0.4, -0.2) is 23.7 Å². The largest absolute Gasteiger partial charge is 0.366 e. The molecule has 4 atom stereocenters. The van der Waals surface area contributed by atoms with E-state index in [0.717, 1.165) is 11.8 Å². The second-order valence-electron chi connectivity index (χ2n) is 4.89. The Morgan fingerprint density at radius 2 is 2.38 bits per heavy atom. The van der Waals surface area contributed by atoms with Crippen LogP contribution >= 0.6 is 11.8 Å². The zero-order chi connectivity index (χ0) is 9.47. The van der Waals surface area contributed by atoms with Crippen LogP contribution in [0.5, 0.6) is 0 Å². The lowest BCUT2D eigenvalue weighted by molar-refractivity contribution is 0.278. The fourth-order valence-corrected chi connectivity index (χ4v) is 3.39. The molecule has 1 aliphatic heterocycles. The van der Waals surface area contributed by atoms with Crippen LogP contribution < -0.4 is 0 Å². The predicted molar refractivity (Wildman–Crippen MR) is 58.2 cm³/mol. The zero-order valence-corrected chi connectivity index (χ0v) is 9.69. The SMILES string of the molecule is CSCC(C)C1CCC2(C)OC2C1. The van der Waals surface area contributed by atoms with Crippen molar-refractivity contribution in [2.45, 2.75) is 44.8 Å². The number of epoxide rings is 1. The van der Waals surface area contributed by atoms with Gasteiger partial charge < -0.3 is 4.74 Å². The lowest BCUT2D eigenvalue weighted by Gasteiger charge is -2.27. The monoisotopic (exact) mass is 200 g/mol. The van der Waals surface area contributed by atoms with Gasteiger partial charge in [0.05, 0.1) is 11.7 Å². The van der Waals surface area contributed by atoms with Crippen LogP contribution in [0.25, 0.3) is 0 Å². The van der Waals surface area contributed by atoms with Gasteiger partial charge in [-0.1, -0.05) is 6.92 Å². The van der Waals surface area contributed by atoms with E-state index >= 15 is 0 Å². The van der Waals surface area contributed by atoms with Crippen molar-refractivity contribution in [3.63, 3.8) is 0 Å². The molecule has 2 fully saturated rings. The summed E-state index contributed by atoms with van der Waals surface area (Å²) in [5, 5.41) is 0. The Labute approximate surface area is 85.6 Å². The van der Waals surface area contributed by atoms with Crippen LogP contribution in [0, 0.1) is 11.8 Å². The topological polar surface area (TPSA) is 12.5 Å². The van der Waals surface area contributed by atoms with Gasteiger partial charge in [0.15, 0.2) is 0 Å². The molecule has 0 N–H and O–H groups in total. The molecule has 13 heavy (non-hydrogen) atoms. The molecule has 2 aliphatic rings. The third-order valence-corrected chi connectivity index (χ3v) is 4.66. The lowest BCUT2D eigenvalue weighted by atomic mass is 9.77. The highest BCUT2D eigenvalue weighted by molar-refractivity contribution is 7.98. The lowest BCUT2D eigenvalue weighted by Crippen LogP contribution is -2.26. The quantitative estimate of drug-likeness (QED) is 0.649. The third kappa shape index (κ3) is 1.89. The zero-order valence-electron chi connectivity index (χ0n) is 8.88. The van der Waals surface area contributed by atoms with Gasteiger partial charge in [0.25, 0.3) is 0 Å². The Bertz CT molecular complexity index is 195. The van der Waals surface area contributed by atoms with Gasteiger partial charge in [-0.15, -0.1) is 0 Å². The van der Waals surface area contributed by atoms with Crippen molar-refractivity contribution < 1.29 is 4.74 Å². The summed E-state index contributed by atoms with van der Waals surface area (Å²) in [6, 6.07) is 0. The number of rotatable bonds is 3. The van der Waals surface area contributed by atoms with E-state index in [1.807, 2.05) is 11.8 Å². The van der Waals surface area contributed by atoms with Crippen molar-refractivity contribution in [1.82, 2.24) is 0 Å². The highest BCUT2D eigenvalue weighted by Crippen LogP contribution is 2.50. The van der Waals surface area contributed by atoms with Crippen LogP contribution in [0.3, 0.4) is 0 Å². The highest BCUT2D eigenvalue weighted by Gasteiger charge is 2.55. The van der Waals surface area contributed by atoms with E-state index in [4.69, 9.17) is 4.74 Å². The van der Waals surface area contributed by atoms with Gasteiger partial charge in [-0.05, 0) is 50.0 Å². The normalized spacial score (nSPS) is 45.5. The average molecular weight is 200 g/mol. The van der Waals surface area contributed by atoms with E-state index in [0.29, 0.717) is 11.7 Å². The van der Waals surface area contributed by atoms with Gasteiger partial charge in [0.2, 0.25) is 0 Å². The molecule has 0 aromatic heterocycles. The number of thioether (sulfide) groups is 1. The summed E-state index contributed by atoms with van der Waals surface area (Å²) in [6.07, 6.45) is 6.81. The first-order chi connectivity index (χ1) is 6.15. The van der Waals surface area contributed by atoms with Crippen LogP contribution in [0.4, 0.5) is 0 Å². The Morgan fingerprint density at radius 1 is 1.62 bits per heavy atom. The van der Waals surface area contributed by atoms with E-state index in [9.17, 15) is 0 Å². The third-order valence-electron chi connectivity index (χ3n) is 3.80. The molecule has 1 saturated heterocycles. The van der Waals surface area contributed by atoms with Crippen LogP contribution in [0.15, 0.2) is 0 Å². The van der Waals surface area contributed by atoms with Gasteiger partial charge in [0, 0.05) is 0 Å². The molecule has 76 valence electrons. The second-order valence-corrected chi connectivity index (χ2v) is 5.80. The summed E-state index contributed by atoms with van der Waals surface area (Å²) in [5.41, 5.74) is 0.301. The molecule has 0 amide bonds. The second kappa shape index (κ2) is 3.47. The molecule has 2 rings (SSSR count). The molecule has 0 radical (unpaired) electrons. The van der Waals surface area contributed by atoms with Crippen molar-refractivity contribution >= 4 is 11.8 Å². The van der Waals surface area contributed by atoms with Crippen molar-refractivity contribution in [2.75, 3.05) is 12.0 Å². The smallest absolute Gasteiger partial charge is 0.0920 e. The maximum atomic E-state index is 5.72. The summed E-state index contributed by atoms with van der Waals surface area (Å²) in [4.78, 5) is 0. The Kier molecular flexibility index (Phi) is 2.63. The number of fused-ring (bicyclic) bond motifs is 1. The first kappa shape index (κ1) is 9.85. The molecule has 0 aromatic carbocycles. The van der Waals surface area contributed by atoms with Crippen molar-refractivity contribution in [1.29, 1.82) is 0 Å². The molecular weight excluding hydrogens is 180 g/mol. The van der Waals surface area contributed by atoms with E-state index in [2.05, 4.69) is 20.1 Å². The van der Waals surface area contributed by atoms with Gasteiger partial charge in [-0.25, -0.2) is 0 Å². The number of hydrogen-bond acceptors (Lipinski definition) is 2. The number of hydrogen-bond donors (Lipinski definition) is 0. The fourth-order valence-electron chi connectivity index (χ4n) is 2.59. The predicted octanol–water partition coefficient (Wildman–Crippen LogP) is 2.94. The first-order valence-electron chi connectivity index (χ1n) is 5.32. The fraction of sp³-hybridized carbons (Fsp3) is 1.00. The maximum Gasteiger partial charge on any atom is 0.0920 e. The summed E-state index contributed by atoms with van der Waals surface area (Å²) in [6.45, 7) is 4.67. The summed E-state index contributed by atoms with van der Waals surface area (Å²) < 4.78 is 5.72. The standard InChI is InChI=1S/C11H20OS/c1-8(7-13-3)9-4-5-11(2)10(6-9)12-11/h8-10H,4-7H2,1-3H3. The molecule has 1 heterocycles. The maximum absolute atomic E-state index is 5.72. The summed E-state index contributed by atoms with van der Waals surface area (Å²) >= 11 is 1.98. The first-order valence-corrected chi connectivity index (χ1v) is 6.72. The molecule has 1 nitrogen and oxygen atoms in total. The van der Waals surface area contributed by atoms with Gasteiger partial charge >= 0.3 is 0 Å². The minimum absolute atomic E-state index is 0.301. The van der Waals surface area contributed by atoms with E-state index < -0.39 is 0 Å². The summed E-state index contributed by atoms with van der Waals surface area (Å²) in [5.74, 6) is 3.12. The molecule has 1 saturated carbocycles. The van der Waals surface area contributed by atoms with Gasteiger partial charge in [-0.2, -0.15) is 11.8 Å². The average Bonchev–Trinajstić information content (AvgIpc) is 2.75. The molecule has 0 spiro atoms. The van der Waals surface area contributed by atoms with Crippen molar-refractivity contribution in [2.24, 2.45) is 11.8 Å². The van der Waals surface area contributed by atoms with Crippen molar-refractivity contribution in [3.05, 3.63) is 0 Å². The Hall–Kier alpha value is 0.310. The van der Waals surface area contributed by atoms with Gasteiger partial charge in [-0.3, -0.25) is 0 Å². The molecule has 1 aliphatic carbocycles. The molecule has 2 heteroatoms. The van der Waals surface area contributed by atoms with Crippen LogP contribution in [0.2, 0.25) is 0 Å². The molecule has 0 aromatic rings. The van der Waals surface area contributed by atoms with Crippen LogP contribution in [0.1, 0.15) is 33.1 Å². The van der Waals surface area contributed by atoms with Gasteiger partial charge in [0.1, 0.15) is 0 Å². The van der Waals surface area contributed by atoms with E-state index in [-0.39, 0.29) is 0 Å². The van der Waals surface area contributed by atoms with E-state index in [1.165, 1.54) is 25.0 Å². The van der Waals surface area contributed by atoms with Crippen LogP contribution in [-0.2, 0) is 4.74 Å². The molecule has 4 unspecified atom stereocenters. The Balaban J connectivity index is 1.83. The van der Waals surface area contributed by atoms with E-state index in [1.54, 1.807) is 0 Å². The molecular formula is C11H20OS. The molecule has 0 bridgehead atoms. The number of ether oxygens (including phenoxy) is 1.